The number of nitrogens with one attached hydrogen (secondary N) is 1. The number of amides is 3. The van der Waals surface area contributed by atoms with E-state index in [1.807, 2.05) is 0 Å². The van der Waals surface area contributed by atoms with E-state index in [-0.39, 0.29) is 42.1 Å². The van der Waals surface area contributed by atoms with Crippen molar-refractivity contribution in [3.63, 3.8) is 0 Å². The molecule has 7 heteroatoms. The molecular formula is C13H12FN3O3. The molecule has 0 aliphatic carbocycles. The molecule has 3 heterocycles. The van der Waals surface area contributed by atoms with Crippen LogP contribution in [0.1, 0.15) is 34.5 Å². The number of imide groups is 1. The first-order valence-corrected chi connectivity index (χ1v) is 6.27. The molecule has 3 rings (SSSR count). The number of nitrogens with zero attached hydrogens (tertiary/aromatic N) is 2. The van der Waals surface area contributed by atoms with Crippen LogP contribution in [0.5, 0.6) is 0 Å². The SMILES string of the molecule is Cc1ncc2c(c1F)CN(C1CCC(=O)NC1=O)C2=O. The first kappa shape index (κ1) is 12.7. The molecule has 1 N–H and O–H groups in total. The number of hydrogen-bond donors (Lipinski definition) is 1. The lowest BCUT2D eigenvalue weighted by atomic mass is 10.0. The van der Waals surface area contributed by atoms with Crippen LogP contribution in [-0.2, 0) is 16.1 Å². The average molecular weight is 277 g/mol. The van der Waals surface area contributed by atoms with Crippen molar-refractivity contribution in [3.05, 3.63) is 28.8 Å². The van der Waals surface area contributed by atoms with Crippen LogP contribution in [-0.4, -0.2) is 33.6 Å². The van der Waals surface area contributed by atoms with Crippen LogP contribution in [0.4, 0.5) is 4.39 Å². The highest BCUT2D eigenvalue weighted by atomic mass is 19.1. The Bertz CT molecular complexity index is 644. The Labute approximate surface area is 114 Å². The molecule has 104 valence electrons. The highest BCUT2D eigenvalue weighted by molar-refractivity contribution is 6.05. The fraction of sp³-hybridized carbons (Fsp3) is 0.385. The molecule has 0 radical (unpaired) electrons. The van der Waals surface area contributed by atoms with E-state index in [1.165, 1.54) is 18.0 Å². The van der Waals surface area contributed by atoms with E-state index >= 15 is 0 Å². The summed E-state index contributed by atoms with van der Waals surface area (Å²) in [4.78, 5) is 40.3. The average Bonchev–Trinajstić information content (AvgIpc) is 2.72. The number of rotatable bonds is 1. The van der Waals surface area contributed by atoms with Crippen LogP contribution in [0, 0.1) is 12.7 Å². The summed E-state index contributed by atoms with van der Waals surface area (Å²) in [5.74, 6) is -1.78. The zero-order valence-corrected chi connectivity index (χ0v) is 10.8. The Balaban J connectivity index is 1.92. The summed E-state index contributed by atoms with van der Waals surface area (Å²) in [6, 6.07) is -0.729. The summed E-state index contributed by atoms with van der Waals surface area (Å²) in [5.41, 5.74) is 0.687. The van der Waals surface area contributed by atoms with Gasteiger partial charge in [0.25, 0.3) is 5.91 Å². The molecule has 3 amide bonds. The fourth-order valence-corrected chi connectivity index (χ4v) is 2.60. The van der Waals surface area contributed by atoms with Gasteiger partial charge in [0.05, 0.1) is 17.8 Å². The van der Waals surface area contributed by atoms with Gasteiger partial charge in [0.1, 0.15) is 11.9 Å². The van der Waals surface area contributed by atoms with Crippen molar-refractivity contribution in [2.45, 2.75) is 32.4 Å². The molecule has 6 nitrogen and oxygen atoms in total. The second-order valence-corrected chi connectivity index (χ2v) is 4.95. The number of pyridine rings is 1. The van der Waals surface area contributed by atoms with Crippen molar-refractivity contribution >= 4 is 17.7 Å². The minimum Gasteiger partial charge on any atom is -0.322 e. The zero-order valence-electron chi connectivity index (χ0n) is 10.8. The molecule has 1 aromatic rings. The Morgan fingerprint density at radius 1 is 1.40 bits per heavy atom. The summed E-state index contributed by atoms with van der Waals surface area (Å²) >= 11 is 0. The Morgan fingerprint density at radius 2 is 2.15 bits per heavy atom. The standard InChI is InChI=1S/C13H12FN3O3/c1-6-11(14)8-5-17(13(20)7(8)4-15-6)9-2-3-10(18)16-12(9)19/h4,9H,2-3,5H2,1H3,(H,16,18,19). The number of piperidine rings is 1. The van der Waals surface area contributed by atoms with Gasteiger partial charge in [-0.15, -0.1) is 0 Å². The molecule has 1 saturated heterocycles. The molecule has 20 heavy (non-hydrogen) atoms. The van der Waals surface area contributed by atoms with E-state index in [9.17, 15) is 18.8 Å². The predicted molar refractivity (Wildman–Crippen MR) is 65.0 cm³/mol. The minimum absolute atomic E-state index is 0.0373. The Morgan fingerprint density at radius 3 is 2.85 bits per heavy atom. The summed E-state index contributed by atoms with van der Waals surface area (Å²) in [6.07, 6.45) is 1.77. The third-order valence-electron chi connectivity index (χ3n) is 3.70. The second-order valence-electron chi connectivity index (χ2n) is 4.95. The molecule has 2 aliphatic heterocycles. The van der Waals surface area contributed by atoms with Crippen molar-refractivity contribution in [1.82, 2.24) is 15.2 Å². The number of carbonyl (C=O) groups excluding carboxylic acids is 3. The van der Waals surface area contributed by atoms with E-state index < -0.39 is 23.7 Å². The number of halogens is 1. The van der Waals surface area contributed by atoms with Gasteiger partial charge in [-0.1, -0.05) is 0 Å². The monoisotopic (exact) mass is 277 g/mol. The summed E-state index contributed by atoms with van der Waals surface area (Å²) in [7, 11) is 0. The normalized spacial score (nSPS) is 22.0. The highest BCUT2D eigenvalue weighted by Crippen LogP contribution is 2.29. The van der Waals surface area contributed by atoms with Crippen molar-refractivity contribution in [2.24, 2.45) is 0 Å². The lowest BCUT2D eigenvalue weighted by Gasteiger charge is -2.29. The van der Waals surface area contributed by atoms with Gasteiger partial charge < -0.3 is 4.90 Å². The number of hydrogen-bond acceptors (Lipinski definition) is 4. The maximum Gasteiger partial charge on any atom is 0.256 e. The molecular weight excluding hydrogens is 265 g/mol. The molecule has 0 spiro atoms. The topological polar surface area (TPSA) is 79.4 Å². The second kappa shape index (κ2) is 4.36. The van der Waals surface area contributed by atoms with Gasteiger partial charge in [-0.25, -0.2) is 4.39 Å². The van der Waals surface area contributed by atoms with Gasteiger partial charge in [-0.2, -0.15) is 0 Å². The zero-order chi connectivity index (χ0) is 14.4. The smallest absolute Gasteiger partial charge is 0.256 e. The molecule has 2 aliphatic rings. The van der Waals surface area contributed by atoms with E-state index in [4.69, 9.17) is 0 Å². The molecule has 1 unspecified atom stereocenters. The summed E-state index contributed by atoms with van der Waals surface area (Å²) in [6.45, 7) is 1.56. The predicted octanol–water partition coefficient (Wildman–Crippen LogP) is 0.290. The fourth-order valence-electron chi connectivity index (χ4n) is 2.60. The van der Waals surface area contributed by atoms with Crippen LogP contribution in [0.25, 0.3) is 0 Å². The maximum absolute atomic E-state index is 14.0. The molecule has 1 fully saturated rings. The number of fused-ring (bicyclic) bond motifs is 1. The van der Waals surface area contributed by atoms with Crippen molar-refractivity contribution in [3.8, 4) is 0 Å². The minimum atomic E-state index is -0.729. The Kier molecular flexibility index (Phi) is 2.77. The van der Waals surface area contributed by atoms with Crippen molar-refractivity contribution in [2.75, 3.05) is 0 Å². The lowest BCUT2D eigenvalue weighted by Crippen LogP contribution is -2.52. The quantitative estimate of drug-likeness (QED) is 0.748. The lowest BCUT2D eigenvalue weighted by molar-refractivity contribution is -0.136. The van der Waals surface area contributed by atoms with Gasteiger partial charge in [0.15, 0.2) is 0 Å². The third kappa shape index (κ3) is 1.77. The van der Waals surface area contributed by atoms with Gasteiger partial charge in [-0.05, 0) is 13.3 Å². The molecule has 1 atom stereocenters. The van der Waals surface area contributed by atoms with Crippen LogP contribution in [0.2, 0.25) is 0 Å². The third-order valence-corrected chi connectivity index (χ3v) is 3.70. The Hall–Kier alpha value is -2.31. The number of aromatic nitrogens is 1. The van der Waals surface area contributed by atoms with Gasteiger partial charge in [0, 0.05) is 18.2 Å². The molecule has 0 aromatic carbocycles. The van der Waals surface area contributed by atoms with Gasteiger partial charge in [0.2, 0.25) is 11.8 Å². The maximum atomic E-state index is 14.0. The molecule has 0 bridgehead atoms. The first-order valence-electron chi connectivity index (χ1n) is 6.27. The summed E-state index contributed by atoms with van der Waals surface area (Å²) < 4.78 is 14.0. The molecule has 0 saturated carbocycles. The van der Waals surface area contributed by atoms with Gasteiger partial charge in [-0.3, -0.25) is 24.7 Å². The van der Waals surface area contributed by atoms with Crippen LogP contribution in [0.3, 0.4) is 0 Å². The first-order chi connectivity index (χ1) is 9.49. The number of carbonyl (C=O) groups is 3. The van der Waals surface area contributed by atoms with E-state index in [0.717, 1.165) is 0 Å². The van der Waals surface area contributed by atoms with E-state index in [0.29, 0.717) is 0 Å². The van der Waals surface area contributed by atoms with Crippen molar-refractivity contribution in [1.29, 1.82) is 0 Å². The largest absolute Gasteiger partial charge is 0.322 e. The molecule has 1 aromatic heterocycles. The van der Waals surface area contributed by atoms with E-state index in [2.05, 4.69) is 10.3 Å². The van der Waals surface area contributed by atoms with Crippen LogP contribution in [0.15, 0.2) is 6.20 Å². The van der Waals surface area contributed by atoms with E-state index in [1.54, 1.807) is 0 Å². The van der Waals surface area contributed by atoms with Gasteiger partial charge >= 0.3 is 0 Å². The van der Waals surface area contributed by atoms with Crippen LogP contribution >= 0.6 is 0 Å². The highest BCUT2D eigenvalue weighted by Gasteiger charge is 2.40. The van der Waals surface area contributed by atoms with Crippen LogP contribution < -0.4 is 5.32 Å². The van der Waals surface area contributed by atoms with Crippen molar-refractivity contribution < 1.29 is 18.8 Å². The summed E-state index contributed by atoms with van der Waals surface area (Å²) in [5, 5.41) is 2.20. The number of aryl methyl sites for hydroxylation is 1.